The normalized spacial score (nSPS) is 11.2. The molecule has 0 spiro atoms. The summed E-state index contributed by atoms with van der Waals surface area (Å²) in [7, 11) is 1.39. The Bertz CT molecular complexity index is 372. The Morgan fingerprint density at radius 3 is 2.69 bits per heavy atom. The first-order chi connectivity index (χ1) is 7.48. The Hall–Kier alpha value is -1.35. The fourth-order valence-electron chi connectivity index (χ4n) is 1.55. The van der Waals surface area contributed by atoms with Crippen LogP contribution in [0.25, 0.3) is 0 Å². The molecule has 0 fully saturated rings. The zero-order chi connectivity index (χ0) is 12.2. The van der Waals surface area contributed by atoms with Crippen LogP contribution in [0.15, 0.2) is 24.3 Å². The van der Waals surface area contributed by atoms with Crippen LogP contribution >= 0.6 is 0 Å². The highest BCUT2D eigenvalue weighted by molar-refractivity contribution is 5.89. The molecule has 1 aromatic carbocycles. The molecule has 0 amide bonds. The molecule has 0 aliphatic rings. The number of benzene rings is 1. The lowest BCUT2D eigenvalue weighted by Gasteiger charge is -2.22. The summed E-state index contributed by atoms with van der Waals surface area (Å²) in [6.07, 6.45) is 0.855. The van der Waals surface area contributed by atoms with E-state index in [0.717, 1.165) is 12.0 Å². The van der Waals surface area contributed by atoms with Gasteiger partial charge in [-0.1, -0.05) is 26.0 Å². The molecule has 88 valence electrons. The van der Waals surface area contributed by atoms with E-state index in [4.69, 9.17) is 5.73 Å². The van der Waals surface area contributed by atoms with Crippen LogP contribution in [0, 0.1) is 5.41 Å². The van der Waals surface area contributed by atoms with Crippen molar-refractivity contribution in [2.24, 2.45) is 11.1 Å². The summed E-state index contributed by atoms with van der Waals surface area (Å²) in [5.41, 5.74) is 7.44. The van der Waals surface area contributed by atoms with Crippen LogP contribution in [0.3, 0.4) is 0 Å². The predicted octanol–water partition coefficient (Wildman–Crippen LogP) is 2.00. The number of hydrogen-bond acceptors (Lipinski definition) is 3. The van der Waals surface area contributed by atoms with Crippen LogP contribution in [0.4, 0.5) is 0 Å². The Kier molecular flexibility index (Phi) is 4.07. The molecule has 0 aromatic heterocycles. The Labute approximate surface area is 96.6 Å². The van der Waals surface area contributed by atoms with Crippen molar-refractivity contribution in [3.05, 3.63) is 35.4 Å². The summed E-state index contributed by atoms with van der Waals surface area (Å²) in [4.78, 5) is 11.4. The van der Waals surface area contributed by atoms with Crippen LogP contribution in [0.2, 0.25) is 0 Å². The second-order valence-corrected chi connectivity index (χ2v) is 4.74. The molecule has 0 bridgehead atoms. The van der Waals surface area contributed by atoms with Gasteiger partial charge in [0.05, 0.1) is 12.7 Å². The van der Waals surface area contributed by atoms with E-state index in [1.54, 1.807) is 6.07 Å². The van der Waals surface area contributed by atoms with Gasteiger partial charge in [0.25, 0.3) is 0 Å². The maximum absolute atomic E-state index is 11.4. The Morgan fingerprint density at radius 2 is 2.12 bits per heavy atom. The summed E-state index contributed by atoms with van der Waals surface area (Å²) in [6, 6.07) is 7.49. The van der Waals surface area contributed by atoms with E-state index >= 15 is 0 Å². The summed E-state index contributed by atoms with van der Waals surface area (Å²) >= 11 is 0. The third-order valence-corrected chi connectivity index (χ3v) is 2.58. The van der Waals surface area contributed by atoms with Gasteiger partial charge in [-0.05, 0) is 36.1 Å². The first-order valence-electron chi connectivity index (χ1n) is 5.36. The number of carbonyl (C=O) groups excluding carboxylic acids is 1. The van der Waals surface area contributed by atoms with Crippen LogP contribution in [-0.4, -0.2) is 19.6 Å². The molecule has 0 heterocycles. The minimum atomic E-state index is -0.299. The molecule has 0 unspecified atom stereocenters. The molecule has 0 saturated heterocycles. The van der Waals surface area contributed by atoms with Gasteiger partial charge in [-0.3, -0.25) is 0 Å². The van der Waals surface area contributed by atoms with E-state index in [9.17, 15) is 4.79 Å². The number of carbonyl (C=O) groups is 1. The number of nitrogens with two attached hydrogens (primary N) is 1. The zero-order valence-corrected chi connectivity index (χ0v) is 10.1. The average molecular weight is 221 g/mol. The topological polar surface area (TPSA) is 52.3 Å². The van der Waals surface area contributed by atoms with E-state index in [2.05, 4.69) is 18.6 Å². The summed E-state index contributed by atoms with van der Waals surface area (Å²) < 4.78 is 4.68. The van der Waals surface area contributed by atoms with Gasteiger partial charge in [0.15, 0.2) is 0 Å². The molecular formula is C13H19NO2. The van der Waals surface area contributed by atoms with Crippen molar-refractivity contribution in [3.63, 3.8) is 0 Å². The predicted molar refractivity (Wildman–Crippen MR) is 64.3 cm³/mol. The van der Waals surface area contributed by atoms with Crippen molar-refractivity contribution in [1.29, 1.82) is 0 Å². The minimum absolute atomic E-state index is 0.0503. The standard InChI is InChI=1S/C13H19NO2/c1-13(2,9-14)8-10-5-4-6-11(7-10)12(15)16-3/h4-7H,8-9,14H2,1-3H3. The van der Waals surface area contributed by atoms with Crippen molar-refractivity contribution in [2.75, 3.05) is 13.7 Å². The molecule has 0 saturated carbocycles. The fourth-order valence-corrected chi connectivity index (χ4v) is 1.55. The summed E-state index contributed by atoms with van der Waals surface area (Å²) in [6.45, 7) is 4.84. The van der Waals surface area contributed by atoms with Crippen LogP contribution in [0.5, 0.6) is 0 Å². The lowest BCUT2D eigenvalue weighted by Crippen LogP contribution is -2.26. The molecule has 0 atom stereocenters. The monoisotopic (exact) mass is 221 g/mol. The molecule has 2 N–H and O–H groups in total. The third-order valence-electron chi connectivity index (χ3n) is 2.58. The quantitative estimate of drug-likeness (QED) is 0.791. The molecular weight excluding hydrogens is 202 g/mol. The fraction of sp³-hybridized carbons (Fsp3) is 0.462. The smallest absolute Gasteiger partial charge is 0.337 e. The molecule has 3 nitrogen and oxygen atoms in total. The molecule has 1 rings (SSSR count). The van der Waals surface area contributed by atoms with E-state index in [0.29, 0.717) is 12.1 Å². The van der Waals surface area contributed by atoms with E-state index in [-0.39, 0.29) is 11.4 Å². The number of methoxy groups -OCH3 is 1. The first kappa shape index (κ1) is 12.7. The van der Waals surface area contributed by atoms with Gasteiger partial charge < -0.3 is 10.5 Å². The largest absolute Gasteiger partial charge is 0.465 e. The maximum Gasteiger partial charge on any atom is 0.337 e. The number of ether oxygens (including phenoxy) is 1. The van der Waals surface area contributed by atoms with Crippen molar-refractivity contribution in [2.45, 2.75) is 20.3 Å². The van der Waals surface area contributed by atoms with Gasteiger partial charge in [-0.25, -0.2) is 4.79 Å². The Morgan fingerprint density at radius 1 is 1.44 bits per heavy atom. The minimum Gasteiger partial charge on any atom is -0.465 e. The van der Waals surface area contributed by atoms with Gasteiger partial charge in [0.1, 0.15) is 0 Å². The molecule has 0 aliphatic carbocycles. The van der Waals surface area contributed by atoms with Crippen LogP contribution in [0.1, 0.15) is 29.8 Å². The van der Waals surface area contributed by atoms with E-state index in [1.807, 2.05) is 18.2 Å². The number of rotatable bonds is 4. The van der Waals surface area contributed by atoms with Crippen LogP contribution in [-0.2, 0) is 11.2 Å². The van der Waals surface area contributed by atoms with Crippen molar-refractivity contribution < 1.29 is 9.53 Å². The highest BCUT2D eigenvalue weighted by atomic mass is 16.5. The summed E-state index contributed by atoms with van der Waals surface area (Å²) in [5.74, 6) is -0.299. The van der Waals surface area contributed by atoms with Crippen molar-refractivity contribution in [1.82, 2.24) is 0 Å². The number of esters is 1. The third kappa shape index (κ3) is 3.35. The van der Waals surface area contributed by atoms with Crippen molar-refractivity contribution >= 4 is 5.97 Å². The second kappa shape index (κ2) is 5.12. The molecule has 0 radical (unpaired) electrons. The molecule has 0 aliphatic heterocycles. The second-order valence-electron chi connectivity index (χ2n) is 4.74. The van der Waals surface area contributed by atoms with E-state index < -0.39 is 0 Å². The van der Waals surface area contributed by atoms with Gasteiger partial charge in [0.2, 0.25) is 0 Å². The van der Waals surface area contributed by atoms with Gasteiger partial charge in [-0.15, -0.1) is 0 Å². The average Bonchev–Trinajstić information content (AvgIpc) is 2.28. The highest BCUT2D eigenvalue weighted by Gasteiger charge is 2.17. The summed E-state index contributed by atoms with van der Waals surface area (Å²) in [5, 5.41) is 0. The molecule has 3 heteroatoms. The molecule has 1 aromatic rings. The first-order valence-corrected chi connectivity index (χ1v) is 5.36. The number of hydrogen-bond donors (Lipinski definition) is 1. The Balaban J connectivity index is 2.87. The lowest BCUT2D eigenvalue weighted by atomic mass is 9.85. The lowest BCUT2D eigenvalue weighted by molar-refractivity contribution is 0.0600. The van der Waals surface area contributed by atoms with Gasteiger partial charge >= 0.3 is 5.97 Å². The maximum atomic E-state index is 11.4. The van der Waals surface area contributed by atoms with Gasteiger partial charge in [-0.2, -0.15) is 0 Å². The molecule has 16 heavy (non-hydrogen) atoms. The zero-order valence-electron chi connectivity index (χ0n) is 10.1. The van der Waals surface area contributed by atoms with E-state index in [1.165, 1.54) is 7.11 Å². The van der Waals surface area contributed by atoms with Gasteiger partial charge in [0, 0.05) is 0 Å². The van der Waals surface area contributed by atoms with Crippen LogP contribution < -0.4 is 5.73 Å². The SMILES string of the molecule is COC(=O)c1cccc(CC(C)(C)CN)c1. The highest BCUT2D eigenvalue weighted by Crippen LogP contribution is 2.20. The van der Waals surface area contributed by atoms with Crippen molar-refractivity contribution in [3.8, 4) is 0 Å².